The van der Waals surface area contributed by atoms with Crippen LogP contribution in [0.1, 0.15) is 24.5 Å². The van der Waals surface area contributed by atoms with Crippen LogP contribution in [0.4, 0.5) is 5.82 Å². The minimum atomic E-state index is 0.439. The first kappa shape index (κ1) is 14.9. The molecule has 0 saturated carbocycles. The SMILES string of the molecule is Cn1cncc1-c1cccc(C2CCCN(c3ccccn3)C2)n1. The molecule has 0 bridgehead atoms. The number of hydrogen-bond acceptors (Lipinski definition) is 4. The molecule has 0 radical (unpaired) electrons. The van der Waals surface area contributed by atoms with E-state index >= 15 is 0 Å². The molecule has 3 aromatic heterocycles. The summed E-state index contributed by atoms with van der Waals surface area (Å²) in [7, 11) is 2.00. The van der Waals surface area contributed by atoms with Crippen LogP contribution in [0.25, 0.3) is 11.4 Å². The number of rotatable bonds is 3. The van der Waals surface area contributed by atoms with E-state index in [1.165, 1.54) is 12.8 Å². The standard InChI is InChI=1S/C19H21N5/c1-23-14-20-12-18(23)17-8-4-7-16(22-17)15-6-5-11-24(13-15)19-9-2-3-10-21-19/h2-4,7-10,12,14-15H,5-6,11,13H2,1H3. The van der Waals surface area contributed by atoms with Crippen molar-refractivity contribution in [2.45, 2.75) is 18.8 Å². The highest BCUT2D eigenvalue weighted by Crippen LogP contribution is 2.29. The van der Waals surface area contributed by atoms with Gasteiger partial charge in [-0.3, -0.25) is 4.98 Å². The van der Waals surface area contributed by atoms with E-state index in [9.17, 15) is 0 Å². The monoisotopic (exact) mass is 319 g/mol. The van der Waals surface area contributed by atoms with Gasteiger partial charge in [-0.05, 0) is 37.1 Å². The Morgan fingerprint density at radius 1 is 1.12 bits per heavy atom. The molecule has 1 aliphatic heterocycles. The molecule has 1 fully saturated rings. The number of imidazole rings is 1. The number of nitrogens with zero attached hydrogens (tertiary/aromatic N) is 5. The second-order valence-electron chi connectivity index (χ2n) is 6.31. The largest absolute Gasteiger partial charge is 0.356 e. The van der Waals surface area contributed by atoms with Crippen molar-refractivity contribution in [1.29, 1.82) is 0 Å². The number of piperidine rings is 1. The van der Waals surface area contributed by atoms with Crippen LogP contribution >= 0.6 is 0 Å². The van der Waals surface area contributed by atoms with Crippen molar-refractivity contribution in [1.82, 2.24) is 19.5 Å². The van der Waals surface area contributed by atoms with E-state index in [0.29, 0.717) is 5.92 Å². The summed E-state index contributed by atoms with van der Waals surface area (Å²) in [4.78, 5) is 16.0. The first-order valence-electron chi connectivity index (χ1n) is 8.41. The molecule has 1 atom stereocenters. The van der Waals surface area contributed by atoms with E-state index in [1.54, 1.807) is 0 Å². The molecule has 1 saturated heterocycles. The summed E-state index contributed by atoms with van der Waals surface area (Å²) in [6.07, 6.45) is 7.88. The van der Waals surface area contributed by atoms with Gasteiger partial charge in [-0.2, -0.15) is 0 Å². The lowest BCUT2D eigenvalue weighted by molar-refractivity contribution is 0.499. The predicted octanol–water partition coefficient (Wildman–Crippen LogP) is 3.26. The highest BCUT2D eigenvalue weighted by atomic mass is 15.2. The van der Waals surface area contributed by atoms with Crippen molar-refractivity contribution in [3.8, 4) is 11.4 Å². The van der Waals surface area contributed by atoms with Crippen molar-refractivity contribution in [2.24, 2.45) is 7.05 Å². The molecule has 4 rings (SSSR count). The minimum absolute atomic E-state index is 0.439. The average molecular weight is 319 g/mol. The first-order chi connectivity index (χ1) is 11.8. The second kappa shape index (κ2) is 6.43. The lowest BCUT2D eigenvalue weighted by Crippen LogP contribution is -2.35. The van der Waals surface area contributed by atoms with Gasteiger partial charge in [0.25, 0.3) is 0 Å². The molecular formula is C19H21N5. The van der Waals surface area contributed by atoms with Crippen LogP contribution in [0, 0.1) is 0 Å². The number of anilines is 1. The summed E-state index contributed by atoms with van der Waals surface area (Å²) in [5, 5.41) is 0. The topological polar surface area (TPSA) is 46.8 Å². The Kier molecular flexibility index (Phi) is 3.99. The van der Waals surface area contributed by atoms with Crippen LogP contribution in [0.3, 0.4) is 0 Å². The van der Waals surface area contributed by atoms with Crippen molar-refractivity contribution >= 4 is 5.82 Å². The molecule has 1 unspecified atom stereocenters. The van der Waals surface area contributed by atoms with Gasteiger partial charge in [-0.15, -0.1) is 0 Å². The summed E-state index contributed by atoms with van der Waals surface area (Å²) in [5.41, 5.74) is 3.20. The van der Waals surface area contributed by atoms with Gasteiger partial charge < -0.3 is 9.47 Å². The van der Waals surface area contributed by atoms with Crippen LogP contribution in [0.5, 0.6) is 0 Å². The Bertz CT molecular complexity index is 811. The summed E-state index contributed by atoms with van der Waals surface area (Å²) in [6.45, 7) is 2.04. The van der Waals surface area contributed by atoms with Gasteiger partial charge in [-0.25, -0.2) is 9.97 Å². The maximum Gasteiger partial charge on any atom is 0.128 e. The zero-order valence-electron chi connectivity index (χ0n) is 13.8. The molecule has 0 amide bonds. The van der Waals surface area contributed by atoms with Gasteiger partial charge in [0.15, 0.2) is 0 Å². The third-order valence-electron chi connectivity index (χ3n) is 4.66. The normalized spacial score (nSPS) is 17.9. The lowest BCUT2D eigenvalue weighted by atomic mass is 9.94. The third-order valence-corrected chi connectivity index (χ3v) is 4.66. The fourth-order valence-corrected chi connectivity index (χ4v) is 3.39. The van der Waals surface area contributed by atoms with E-state index in [1.807, 2.05) is 42.5 Å². The van der Waals surface area contributed by atoms with Crippen molar-refractivity contribution in [3.05, 3.63) is 60.8 Å². The highest BCUT2D eigenvalue weighted by molar-refractivity contribution is 5.54. The summed E-state index contributed by atoms with van der Waals surface area (Å²) < 4.78 is 2.01. The van der Waals surface area contributed by atoms with Gasteiger partial charge in [0.2, 0.25) is 0 Å². The fourth-order valence-electron chi connectivity index (χ4n) is 3.39. The molecule has 0 spiro atoms. The van der Waals surface area contributed by atoms with Gasteiger partial charge >= 0.3 is 0 Å². The predicted molar refractivity (Wildman–Crippen MR) is 94.9 cm³/mol. The molecule has 5 nitrogen and oxygen atoms in total. The maximum atomic E-state index is 4.92. The van der Waals surface area contributed by atoms with Crippen LogP contribution in [0.15, 0.2) is 55.1 Å². The van der Waals surface area contributed by atoms with Crippen molar-refractivity contribution in [2.75, 3.05) is 18.0 Å². The molecule has 5 heteroatoms. The van der Waals surface area contributed by atoms with E-state index in [-0.39, 0.29) is 0 Å². The number of aromatic nitrogens is 4. The quantitative estimate of drug-likeness (QED) is 0.743. The van der Waals surface area contributed by atoms with Crippen LogP contribution < -0.4 is 4.90 Å². The van der Waals surface area contributed by atoms with E-state index < -0.39 is 0 Å². The molecule has 122 valence electrons. The molecular weight excluding hydrogens is 298 g/mol. The Hall–Kier alpha value is -2.69. The Labute approximate surface area is 142 Å². The summed E-state index contributed by atoms with van der Waals surface area (Å²) in [6, 6.07) is 12.4. The number of pyridine rings is 2. The van der Waals surface area contributed by atoms with Gasteiger partial charge in [0.05, 0.1) is 23.9 Å². The summed E-state index contributed by atoms with van der Waals surface area (Å²) >= 11 is 0. The summed E-state index contributed by atoms with van der Waals surface area (Å²) in [5.74, 6) is 1.50. The molecule has 1 aliphatic rings. The van der Waals surface area contributed by atoms with Gasteiger partial charge in [0, 0.05) is 37.9 Å². The van der Waals surface area contributed by atoms with Gasteiger partial charge in [0.1, 0.15) is 5.82 Å². The van der Waals surface area contributed by atoms with E-state index in [4.69, 9.17) is 4.98 Å². The van der Waals surface area contributed by atoms with Gasteiger partial charge in [-0.1, -0.05) is 12.1 Å². The molecule has 3 aromatic rings. The minimum Gasteiger partial charge on any atom is -0.356 e. The first-order valence-corrected chi connectivity index (χ1v) is 8.41. The van der Waals surface area contributed by atoms with Crippen LogP contribution in [-0.2, 0) is 7.05 Å². The number of hydrogen-bond donors (Lipinski definition) is 0. The lowest BCUT2D eigenvalue weighted by Gasteiger charge is -2.33. The fraction of sp³-hybridized carbons (Fsp3) is 0.316. The molecule has 24 heavy (non-hydrogen) atoms. The Morgan fingerprint density at radius 3 is 2.88 bits per heavy atom. The maximum absolute atomic E-state index is 4.92. The highest BCUT2D eigenvalue weighted by Gasteiger charge is 2.23. The van der Waals surface area contributed by atoms with Crippen molar-refractivity contribution in [3.63, 3.8) is 0 Å². The third kappa shape index (κ3) is 2.89. The zero-order chi connectivity index (χ0) is 16.4. The molecule has 0 aliphatic carbocycles. The molecule has 0 aromatic carbocycles. The average Bonchev–Trinajstić information content (AvgIpc) is 3.09. The second-order valence-corrected chi connectivity index (χ2v) is 6.31. The number of aryl methyl sites for hydroxylation is 1. The zero-order valence-corrected chi connectivity index (χ0v) is 13.8. The Balaban J connectivity index is 1.58. The molecule has 4 heterocycles. The smallest absolute Gasteiger partial charge is 0.128 e. The van der Waals surface area contributed by atoms with E-state index in [2.05, 4.69) is 39.1 Å². The molecule has 0 N–H and O–H groups in total. The van der Waals surface area contributed by atoms with Crippen LogP contribution in [-0.4, -0.2) is 32.6 Å². The van der Waals surface area contributed by atoms with Crippen LogP contribution in [0.2, 0.25) is 0 Å². The Morgan fingerprint density at radius 2 is 2.08 bits per heavy atom. The van der Waals surface area contributed by atoms with Crippen molar-refractivity contribution < 1.29 is 0 Å². The van der Waals surface area contributed by atoms with E-state index in [0.717, 1.165) is 36.0 Å².